The molecule has 0 aliphatic heterocycles. The fourth-order valence-electron chi connectivity index (χ4n) is 3.25. The van der Waals surface area contributed by atoms with Crippen LogP contribution in [0.25, 0.3) is 22.8 Å². The van der Waals surface area contributed by atoms with Gasteiger partial charge in [-0.1, -0.05) is 23.4 Å². The minimum absolute atomic E-state index is 0.0243. The molecule has 2 aromatic heterocycles. The van der Waals surface area contributed by atoms with Crippen LogP contribution < -0.4 is 10.1 Å². The zero-order valence-electron chi connectivity index (χ0n) is 18.3. The van der Waals surface area contributed by atoms with Gasteiger partial charge < -0.3 is 14.6 Å². The van der Waals surface area contributed by atoms with Crippen LogP contribution in [0.1, 0.15) is 16.8 Å². The van der Waals surface area contributed by atoms with E-state index in [1.807, 2.05) is 12.1 Å². The molecule has 0 saturated carbocycles. The number of nitrogens with one attached hydrogen (secondary N) is 1. The van der Waals surface area contributed by atoms with Crippen molar-refractivity contribution in [2.45, 2.75) is 19.2 Å². The number of alkyl halides is 3. The van der Waals surface area contributed by atoms with Crippen LogP contribution in [0.2, 0.25) is 0 Å². The maximum Gasteiger partial charge on any atom is 0.416 e. The quantitative estimate of drug-likeness (QED) is 0.438. The summed E-state index contributed by atoms with van der Waals surface area (Å²) in [5.41, 5.74) is 1.87. The summed E-state index contributed by atoms with van der Waals surface area (Å²) in [6.45, 7) is 0.0243. The molecule has 0 bridgehead atoms. The third-order valence-electron chi connectivity index (χ3n) is 5.10. The molecule has 0 unspecified atom stereocenters. The summed E-state index contributed by atoms with van der Waals surface area (Å²) < 4.78 is 50.9. The highest BCUT2D eigenvalue weighted by Crippen LogP contribution is 2.31. The Balaban J connectivity index is 1.52. The average molecular weight is 471 g/mol. The van der Waals surface area contributed by atoms with Gasteiger partial charge in [0.1, 0.15) is 12.4 Å². The van der Waals surface area contributed by atoms with Crippen LogP contribution in [-0.2, 0) is 31.0 Å². The number of hydrogen-bond donors (Lipinski definition) is 1. The van der Waals surface area contributed by atoms with E-state index < -0.39 is 11.7 Å². The predicted octanol–water partition coefficient (Wildman–Crippen LogP) is 4.02. The number of likely N-dealkylation sites (N-methyl/N-ethyl adjacent to an activating group) is 1. The lowest BCUT2D eigenvalue weighted by atomic mass is 10.1. The minimum atomic E-state index is -4.41. The topological polar surface area (TPSA) is 95.1 Å². The number of carbonyl (C=O) groups is 1. The molecule has 34 heavy (non-hydrogen) atoms. The van der Waals surface area contributed by atoms with E-state index >= 15 is 0 Å². The molecule has 0 fully saturated rings. The molecule has 1 N–H and O–H groups in total. The Kier molecular flexibility index (Phi) is 6.35. The Bertz CT molecular complexity index is 1300. The van der Waals surface area contributed by atoms with E-state index in [4.69, 9.17) is 9.26 Å². The number of halogens is 3. The molecule has 176 valence electrons. The summed E-state index contributed by atoms with van der Waals surface area (Å²) in [6.07, 6.45) is -2.64. The standard InChI is InChI=1S/C23H20F3N5O3/c1-27-20(32)11-14-4-3-5-15(10-14)21-29-22(34-30-21)18-12-28-31(2)19(18)13-33-17-8-6-16(7-9-17)23(24,25)26/h3-10,12H,11,13H2,1-2H3,(H,27,32). The summed E-state index contributed by atoms with van der Waals surface area (Å²) in [4.78, 5) is 16.1. The van der Waals surface area contributed by atoms with E-state index in [0.717, 1.165) is 17.7 Å². The van der Waals surface area contributed by atoms with Crippen LogP contribution >= 0.6 is 0 Å². The molecule has 4 aromatic rings. The van der Waals surface area contributed by atoms with E-state index in [1.54, 1.807) is 37.1 Å². The number of nitrogens with zero attached hydrogens (tertiary/aromatic N) is 4. The first-order chi connectivity index (χ1) is 16.2. The highest BCUT2D eigenvalue weighted by Gasteiger charge is 2.30. The Labute approximate surface area is 192 Å². The molecule has 0 aliphatic rings. The highest BCUT2D eigenvalue weighted by atomic mass is 19.4. The predicted molar refractivity (Wildman–Crippen MR) is 115 cm³/mol. The average Bonchev–Trinajstić information content (AvgIpc) is 3.44. The maximum absolute atomic E-state index is 12.7. The SMILES string of the molecule is CNC(=O)Cc1cccc(-c2noc(-c3cnn(C)c3COc3ccc(C(F)(F)F)cc3)n2)c1. The van der Waals surface area contributed by atoms with Crippen molar-refractivity contribution in [3.63, 3.8) is 0 Å². The number of aryl methyl sites for hydroxylation is 1. The van der Waals surface area contributed by atoms with Gasteiger partial charge in [0.25, 0.3) is 5.89 Å². The van der Waals surface area contributed by atoms with Gasteiger partial charge >= 0.3 is 6.18 Å². The van der Waals surface area contributed by atoms with Crippen molar-refractivity contribution in [2.24, 2.45) is 7.05 Å². The molecule has 4 rings (SSSR count). The van der Waals surface area contributed by atoms with Gasteiger partial charge in [-0.15, -0.1) is 0 Å². The van der Waals surface area contributed by atoms with Crippen molar-refractivity contribution >= 4 is 5.91 Å². The van der Waals surface area contributed by atoms with Crippen molar-refractivity contribution in [3.8, 4) is 28.6 Å². The number of carbonyl (C=O) groups excluding carboxylic acids is 1. The molecule has 0 aliphatic carbocycles. The second kappa shape index (κ2) is 9.38. The van der Waals surface area contributed by atoms with Crippen molar-refractivity contribution in [1.82, 2.24) is 25.2 Å². The molecule has 2 aromatic carbocycles. The summed E-state index contributed by atoms with van der Waals surface area (Å²) in [5.74, 6) is 0.719. The van der Waals surface area contributed by atoms with Gasteiger partial charge in [0, 0.05) is 19.7 Å². The first-order valence-electron chi connectivity index (χ1n) is 10.2. The van der Waals surface area contributed by atoms with Gasteiger partial charge in [0.05, 0.1) is 29.4 Å². The summed E-state index contributed by atoms with van der Waals surface area (Å²) in [7, 11) is 3.28. The molecule has 0 radical (unpaired) electrons. The molecule has 0 atom stereocenters. The van der Waals surface area contributed by atoms with Gasteiger partial charge in [0.15, 0.2) is 0 Å². The molecule has 2 heterocycles. The monoisotopic (exact) mass is 471 g/mol. The number of benzene rings is 2. The highest BCUT2D eigenvalue weighted by molar-refractivity contribution is 5.78. The van der Waals surface area contributed by atoms with Gasteiger partial charge in [-0.25, -0.2) is 0 Å². The van der Waals surface area contributed by atoms with Crippen LogP contribution in [0.3, 0.4) is 0 Å². The fourth-order valence-corrected chi connectivity index (χ4v) is 3.25. The number of hydrogen-bond acceptors (Lipinski definition) is 6. The Morgan fingerprint density at radius 1 is 1.18 bits per heavy atom. The second-order valence-corrected chi connectivity index (χ2v) is 7.41. The van der Waals surface area contributed by atoms with Crippen LogP contribution in [0.15, 0.2) is 59.3 Å². The number of amides is 1. The van der Waals surface area contributed by atoms with E-state index in [0.29, 0.717) is 22.6 Å². The molecular formula is C23H20F3N5O3. The zero-order valence-corrected chi connectivity index (χ0v) is 18.3. The first-order valence-corrected chi connectivity index (χ1v) is 10.2. The second-order valence-electron chi connectivity index (χ2n) is 7.41. The van der Waals surface area contributed by atoms with Crippen LogP contribution in [0, 0.1) is 0 Å². The van der Waals surface area contributed by atoms with Crippen LogP contribution in [0.5, 0.6) is 5.75 Å². The largest absolute Gasteiger partial charge is 0.487 e. The summed E-state index contributed by atoms with van der Waals surface area (Å²) >= 11 is 0. The van der Waals surface area contributed by atoms with Crippen molar-refractivity contribution in [3.05, 3.63) is 71.5 Å². The molecule has 0 saturated heterocycles. The normalized spacial score (nSPS) is 11.4. The van der Waals surface area contributed by atoms with Gasteiger partial charge in [-0.3, -0.25) is 9.48 Å². The van der Waals surface area contributed by atoms with Crippen LogP contribution in [0.4, 0.5) is 13.2 Å². The van der Waals surface area contributed by atoms with E-state index in [1.165, 1.54) is 12.1 Å². The smallest absolute Gasteiger partial charge is 0.416 e. The summed E-state index contributed by atoms with van der Waals surface area (Å²) in [6, 6.07) is 11.7. The zero-order chi connectivity index (χ0) is 24.3. The number of rotatable bonds is 7. The Hall–Kier alpha value is -4.15. The van der Waals surface area contributed by atoms with E-state index in [-0.39, 0.29) is 30.6 Å². The Morgan fingerprint density at radius 2 is 1.94 bits per heavy atom. The molecule has 8 nitrogen and oxygen atoms in total. The van der Waals surface area contributed by atoms with Crippen LogP contribution in [-0.4, -0.2) is 32.9 Å². The Morgan fingerprint density at radius 3 is 2.65 bits per heavy atom. The number of ether oxygens (including phenoxy) is 1. The van der Waals surface area contributed by atoms with Crippen molar-refractivity contribution in [2.75, 3.05) is 7.05 Å². The lowest BCUT2D eigenvalue weighted by Crippen LogP contribution is -2.19. The van der Waals surface area contributed by atoms with Gasteiger partial charge in [-0.05, 0) is 35.9 Å². The number of aromatic nitrogens is 4. The first kappa shape index (κ1) is 23.0. The molecule has 1 amide bonds. The van der Waals surface area contributed by atoms with Crippen molar-refractivity contribution < 1.29 is 27.2 Å². The summed E-state index contributed by atoms with van der Waals surface area (Å²) in [5, 5.41) is 10.8. The molecule has 0 spiro atoms. The van der Waals surface area contributed by atoms with E-state index in [2.05, 4.69) is 20.6 Å². The minimum Gasteiger partial charge on any atom is -0.487 e. The third kappa shape index (κ3) is 5.08. The third-order valence-corrected chi connectivity index (χ3v) is 5.10. The molecule has 11 heteroatoms. The molecular weight excluding hydrogens is 451 g/mol. The lowest BCUT2D eigenvalue weighted by Gasteiger charge is -2.10. The van der Waals surface area contributed by atoms with Crippen molar-refractivity contribution in [1.29, 1.82) is 0 Å². The van der Waals surface area contributed by atoms with Gasteiger partial charge in [0.2, 0.25) is 11.7 Å². The fraction of sp³-hybridized carbons (Fsp3) is 0.217. The van der Waals surface area contributed by atoms with Gasteiger partial charge in [-0.2, -0.15) is 23.3 Å². The lowest BCUT2D eigenvalue weighted by molar-refractivity contribution is -0.137. The van der Waals surface area contributed by atoms with E-state index in [9.17, 15) is 18.0 Å². The maximum atomic E-state index is 12.7.